The third-order valence-corrected chi connectivity index (χ3v) is 4.43. The summed E-state index contributed by atoms with van der Waals surface area (Å²) in [6.45, 7) is 0.171. The number of carbonyl (C=O) groups is 1. The highest BCUT2D eigenvalue weighted by Crippen LogP contribution is 2.34. The fourth-order valence-corrected chi connectivity index (χ4v) is 2.98. The van der Waals surface area contributed by atoms with E-state index in [4.69, 9.17) is 16.3 Å². The van der Waals surface area contributed by atoms with E-state index < -0.39 is 23.3 Å². The number of alkyl halides is 3. The van der Waals surface area contributed by atoms with Gasteiger partial charge < -0.3 is 10.1 Å². The number of halogens is 4. The van der Waals surface area contributed by atoms with E-state index in [0.29, 0.717) is 16.9 Å². The highest BCUT2D eigenvalue weighted by atomic mass is 35.5. The van der Waals surface area contributed by atoms with Gasteiger partial charge in [0.1, 0.15) is 5.75 Å². The van der Waals surface area contributed by atoms with Crippen molar-refractivity contribution in [1.82, 2.24) is 15.1 Å². The van der Waals surface area contributed by atoms with Crippen LogP contribution in [0.2, 0.25) is 5.02 Å². The van der Waals surface area contributed by atoms with Crippen LogP contribution in [0.5, 0.6) is 5.75 Å². The number of nitrogens with zero attached hydrogens (tertiary/aromatic N) is 2. The number of aromatic nitrogens is 2. The Morgan fingerprint density at radius 1 is 1.21 bits per heavy atom. The second kappa shape index (κ2) is 8.57. The molecule has 9 heteroatoms. The van der Waals surface area contributed by atoms with Gasteiger partial charge in [0.05, 0.1) is 24.6 Å². The molecule has 0 aliphatic heterocycles. The zero-order valence-electron chi connectivity index (χ0n) is 15.3. The summed E-state index contributed by atoms with van der Waals surface area (Å²) in [5.41, 5.74) is -0.673. The maximum absolute atomic E-state index is 13.7. The van der Waals surface area contributed by atoms with Crippen molar-refractivity contribution >= 4 is 17.5 Å². The second-order valence-corrected chi connectivity index (χ2v) is 6.59. The van der Waals surface area contributed by atoms with Crippen LogP contribution in [-0.4, -0.2) is 29.3 Å². The Labute approximate surface area is 170 Å². The van der Waals surface area contributed by atoms with E-state index in [9.17, 15) is 18.0 Å². The second-order valence-electron chi connectivity index (χ2n) is 6.15. The standard InChI is InChI=1S/C20H17ClF3N3O2/c1-29-16-7-5-13(6-8-16)9-10-25-19(28)17-12-26-27(18(17)20(22,23)24)15-4-2-3-14(21)11-15/h2-8,11-12H,9-10H2,1H3,(H,25,28). The van der Waals surface area contributed by atoms with Gasteiger partial charge in [-0.05, 0) is 42.3 Å². The maximum atomic E-state index is 13.7. The third kappa shape index (κ3) is 4.89. The molecule has 29 heavy (non-hydrogen) atoms. The Balaban J connectivity index is 1.77. The summed E-state index contributed by atoms with van der Waals surface area (Å²) in [5.74, 6) is -0.153. The number of amides is 1. The van der Waals surface area contributed by atoms with Crippen molar-refractivity contribution in [3.05, 3.63) is 76.6 Å². The molecular formula is C20H17ClF3N3O2. The lowest BCUT2D eigenvalue weighted by atomic mass is 10.1. The number of carbonyl (C=O) groups excluding carboxylic acids is 1. The molecule has 0 aliphatic rings. The Morgan fingerprint density at radius 3 is 2.55 bits per heavy atom. The van der Waals surface area contributed by atoms with Gasteiger partial charge in [-0.3, -0.25) is 4.79 Å². The van der Waals surface area contributed by atoms with Gasteiger partial charge in [-0.2, -0.15) is 18.3 Å². The van der Waals surface area contributed by atoms with E-state index in [0.717, 1.165) is 11.8 Å². The zero-order valence-corrected chi connectivity index (χ0v) is 16.1. The highest BCUT2D eigenvalue weighted by Gasteiger charge is 2.40. The highest BCUT2D eigenvalue weighted by molar-refractivity contribution is 6.30. The van der Waals surface area contributed by atoms with Gasteiger partial charge in [-0.1, -0.05) is 29.8 Å². The molecule has 0 saturated heterocycles. The molecular weight excluding hydrogens is 407 g/mol. The molecule has 0 unspecified atom stereocenters. The fourth-order valence-electron chi connectivity index (χ4n) is 2.80. The van der Waals surface area contributed by atoms with Crippen molar-refractivity contribution in [3.63, 3.8) is 0 Å². The van der Waals surface area contributed by atoms with Crippen LogP contribution >= 0.6 is 11.6 Å². The maximum Gasteiger partial charge on any atom is 0.434 e. The molecule has 0 atom stereocenters. The molecule has 0 saturated carbocycles. The molecule has 1 heterocycles. The van der Waals surface area contributed by atoms with E-state index in [1.807, 2.05) is 12.1 Å². The van der Waals surface area contributed by atoms with E-state index in [-0.39, 0.29) is 17.3 Å². The quantitative estimate of drug-likeness (QED) is 0.634. The van der Waals surface area contributed by atoms with Gasteiger partial charge in [-0.25, -0.2) is 4.68 Å². The molecule has 0 bridgehead atoms. The molecule has 0 fully saturated rings. The van der Waals surface area contributed by atoms with Gasteiger partial charge in [0.15, 0.2) is 5.69 Å². The summed E-state index contributed by atoms with van der Waals surface area (Å²) in [7, 11) is 1.55. The number of ether oxygens (including phenoxy) is 1. The summed E-state index contributed by atoms with van der Waals surface area (Å²) in [4.78, 5) is 12.4. The first kappa shape index (κ1) is 20.7. The SMILES string of the molecule is COc1ccc(CCNC(=O)c2cnn(-c3cccc(Cl)c3)c2C(F)(F)F)cc1. The summed E-state index contributed by atoms with van der Waals surface area (Å²) in [6.07, 6.45) is -3.41. The van der Waals surface area contributed by atoms with Crippen LogP contribution in [-0.2, 0) is 12.6 Å². The first-order valence-corrected chi connectivity index (χ1v) is 8.99. The number of rotatable bonds is 6. The Bertz CT molecular complexity index is 1000. The predicted molar refractivity (Wildman–Crippen MR) is 103 cm³/mol. The minimum atomic E-state index is -4.78. The monoisotopic (exact) mass is 423 g/mol. The average molecular weight is 424 g/mol. The minimum Gasteiger partial charge on any atom is -0.497 e. The summed E-state index contributed by atoms with van der Waals surface area (Å²) < 4.78 is 46.7. The lowest BCUT2D eigenvalue weighted by molar-refractivity contribution is -0.143. The van der Waals surface area contributed by atoms with Crippen molar-refractivity contribution < 1.29 is 22.7 Å². The van der Waals surface area contributed by atoms with Crippen LogP contribution < -0.4 is 10.1 Å². The molecule has 0 aliphatic carbocycles. The molecule has 3 rings (SSSR count). The number of hydrogen-bond donors (Lipinski definition) is 1. The Kier molecular flexibility index (Phi) is 6.12. The van der Waals surface area contributed by atoms with Crippen LogP contribution in [0.25, 0.3) is 5.69 Å². The summed E-state index contributed by atoms with van der Waals surface area (Å²) >= 11 is 5.87. The van der Waals surface area contributed by atoms with E-state index in [1.54, 1.807) is 19.2 Å². The number of nitrogens with one attached hydrogen (secondary N) is 1. The normalized spacial score (nSPS) is 11.3. The molecule has 0 radical (unpaired) electrons. The smallest absolute Gasteiger partial charge is 0.434 e. The fraction of sp³-hybridized carbons (Fsp3) is 0.200. The largest absolute Gasteiger partial charge is 0.497 e. The van der Waals surface area contributed by atoms with Crippen LogP contribution in [0, 0.1) is 0 Å². The molecule has 1 amide bonds. The van der Waals surface area contributed by atoms with Crippen molar-refractivity contribution in [2.45, 2.75) is 12.6 Å². The van der Waals surface area contributed by atoms with Gasteiger partial charge in [-0.15, -0.1) is 0 Å². The van der Waals surface area contributed by atoms with Crippen molar-refractivity contribution in [2.24, 2.45) is 0 Å². The first-order valence-electron chi connectivity index (χ1n) is 8.62. The van der Waals surface area contributed by atoms with Crippen LogP contribution in [0.15, 0.2) is 54.7 Å². The Hall–Kier alpha value is -3.00. The van der Waals surface area contributed by atoms with Gasteiger partial charge in [0.25, 0.3) is 5.91 Å². The van der Waals surface area contributed by atoms with Crippen LogP contribution in [0.4, 0.5) is 13.2 Å². The molecule has 1 N–H and O–H groups in total. The zero-order chi connectivity index (χ0) is 21.0. The molecule has 0 spiro atoms. The first-order chi connectivity index (χ1) is 13.8. The van der Waals surface area contributed by atoms with Crippen molar-refractivity contribution in [3.8, 4) is 11.4 Å². The number of benzene rings is 2. The van der Waals surface area contributed by atoms with E-state index >= 15 is 0 Å². The van der Waals surface area contributed by atoms with Crippen LogP contribution in [0.1, 0.15) is 21.6 Å². The van der Waals surface area contributed by atoms with Crippen LogP contribution in [0.3, 0.4) is 0 Å². The molecule has 2 aromatic carbocycles. The number of hydrogen-bond acceptors (Lipinski definition) is 3. The molecule has 5 nitrogen and oxygen atoms in total. The molecule has 3 aromatic rings. The van der Waals surface area contributed by atoms with Crippen molar-refractivity contribution in [1.29, 1.82) is 0 Å². The summed E-state index contributed by atoms with van der Waals surface area (Å²) in [6, 6.07) is 13.0. The number of methoxy groups -OCH3 is 1. The van der Waals surface area contributed by atoms with Gasteiger partial charge in [0.2, 0.25) is 0 Å². The van der Waals surface area contributed by atoms with E-state index in [1.165, 1.54) is 24.3 Å². The lowest BCUT2D eigenvalue weighted by Gasteiger charge is -2.13. The predicted octanol–water partition coefficient (Wildman–Crippen LogP) is 4.53. The van der Waals surface area contributed by atoms with Gasteiger partial charge in [0, 0.05) is 11.6 Å². The minimum absolute atomic E-state index is 0.113. The average Bonchev–Trinajstić information content (AvgIpc) is 3.14. The molecule has 152 valence electrons. The Morgan fingerprint density at radius 2 is 1.93 bits per heavy atom. The van der Waals surface area contributed by atoms with Crippen molar-refractivity contribution in [2.75, 3.05) is 13.7 Å². The summed E-state index contributed by atoms with van der Waals surface area (Å²) in [5, 5.41) is 6.54. The third-order valence-electron chi connectivity index (χ3n) is 4.19. The lowest BCUT2D eigenvalue weighted by Crippen LogP contribution is -2.28. The topological polar surface area (TPSA) is 56.1 Å². The van der Waals surface area contributed by atoms with Gasteiger partial charge >= 0.3 is 6.18 Å². The van der Waals surface area contributed by atoms with E-state index in [2.05, 4.69) is 10.4 Å². The molecule has 1 aromatic heterocycles.